The highest BCUT2D eigenvalue weighted by Gasteiger charge is 2.19. The van der Waals surface area contributed by atoms with Crippen LogP contribution in [-0.4, -0.2) is 37.2 Å². The zero-order chi connectivity index (χ0) is 43.8. The molecule has 0 radical (unpaired) electrons. The maximum absolute atomic E-state index is 12.8. The number of hydrogen-bond acceptors (Lipinski definition) is 6. The van der Waals surface area contributed by atoms with Gasteiger partial charge in [-0.3, -0.25) is 14.4 Å². The van der Waals surface area contributed by atoms with Gasteiger partial charge in [-0.05, 0) is 25.2 Å². The van der Waals surface area contributed by atoms with Crippen molar-refractivity contribution in [2.24, 2.45) is 5.92 Å². The van der Waals surface area contributed by atoms with E-state index < -0.39 is 6.10 Å². The molecule has 0 saturated carbocycles. The molecule has 2 atom stereocenters. The smallest absolute Gasteiger partial charge is 0.306 e. The summed E-state index contributed by atoms with van der Waals surface area (Å²) in [6.45, 7) is 9.06. The van der Waals surface area contributed by atoms with Crippen molar-refractivity contribution in [2.75, 3.05) is 13.2 Å². The molecule has 0 rings (SSSR count). The molecule has 0 amide bonds. The summed E-state index contributed by atoms with van der Waals surface area (Å²) in [5.74, 6) is 0.0281. The van der Waals surface area contributed by atoms with Gasteiger partial charge in [-0.25, -0.2) is 0 Å². The Kier molecular flexibility index (Phi) is 47.2. The van der Waals surface area contributed by atoms with Crippen LogP contribution in [0.15, 0.2) is 0 Å². The van der Waals surface area contributed by atoms with Gasteiger partial charge < -0.3 is 14.2 Å². The van der Waals surface area contributed by atoms with Crippen molar-refractivity contribution in [3.63, 3.8) is 0 Å². The molecule has 0 aliphatic heterocycles. The summed E-state index contributed by atoms with van der Waals surface area (Å²) in [4.78, 5) is 38.0. The fourth-order valence-electron chi connectivity index (χ4n) is 8.19. The van der Waals surface area contributed by atoms with Gasteiger partial charge in [0.2, 0.25) is 0 Å². The Bertz CT molecular complexity index is 905. The van der Waals surface area contributed by atoms with Gasteiger partial charge in [-0.15, -0.1) is 0 Å². The molecule has 0 aromatic carbocycles. The van der Waals surface area contributed by atoms with Crippen molar-refractivity contribution in [2.45, 2.75) is 310 Å². The highest BCUT2D eigenvalue weighted by molar-refractivity contribution is 5.71. The lowest BCUT2D eigenvalue weighted by molar-refractivity contribution is -0.167. The van der Waals surface area contributed by atoms with Gasteiger partial charge in [0.25, 0.3) is 0 Å². The first kappa shape index (κ1) is 58.4. The summed E-state index contributed by atoms with van der Waals surface area (Å²) in [5.41, 5.74) is 0. The van der Waals surface area contributed by atoms with E-state index in [2.05, 4.69) is 27.7 Å². The van der Waals surface area contributed by atoms with Crippen LogP contribution in [-0.2, 0) is 28.6 Å². The minimum absolute atomic E-state index is 0.0626. The summed E-state index contributed by atoms with van der Waals surface area (Å²) in [6.07, 6.45) is 50.8. The Labute approximate surface area is 374 Å². The standard InChI is InChI=1S/C54H104O6/c1-5-8-10-12-14-16-18-20-21-22-23-25-31-35-39-43-47-54(57)60-51(48-58-52(55)45-41-37-33-29-24-19-17-15-13-11-9-6-2)49-59-53(56)46-42-38-34-30-27-26-28-32-36-40-44-50(4)7-3/h50-51H,5-49H2,1-4H3/t50?,51-/m1/s1. The van der Waals surface area contributed by atoms with Gasteiger partial charge >= 0.3 is 17.9 Å². The third-order valence-corrected chi connectivity index (χ3v) is 12.7. The number of carbonyl (C=O) groups excluding carboxylic acids is 3. The fraction of sp³-hybridized carbons (Fsp3) is 0.944. The molecule has 0 saturated heterocycles. The third kappa shape index (κ3) is 45.9. The van der Waals surface area contributed by atoms with Crippen molar-refractivity contribution in [3.8, 4) is 0 Å². The lowest BCUT2D eigenvalue weighted by Crippen LogP contribution is -2.30. The molecule has 6 heteroatoms. The van der Waals surface area contributed by atoms with Crippen molar-refractivity contribution in [1.29, 1.82) is 0 Å². The predicted molar refractivity (Wildman–Crippen MR) is 257 cm³/mol. The average molecular weight is 849 g/mol. The van der Waals surface area contributed by atoms with Crippen LogP contribution >= 0.6 is 0 Å². The topological polar surface area (TPSA) is 78.9 Å². The van der Waals surface area contributed by atoms with Crippen LogP contribution in [0.4, 0.5) is 0 Å². The van der Waals surface area contributed by atoms with Crippen molar-refractivity contribution < 1.29 is 28.6 Å². The highest BCUT2D eigenvalue weighted by Crippen LogP contribution is 2.18. The van der Waals surface area contributed by atoms with Gasteiger partial charge in [0.1, 0.15) is 13.2 Å². The van der Waals surface area contributed by atoms with Gasteiger partial charge in [0, 0.05) is 19.3 Å². The Morgan fingerprint density at radius 1 is 0.333 bits per heavy atom. The summed E-state index contributed by atoms with van der Waals surface area (Å²) >= 11 is 0. The first-order valence-corrected chi connectivity index (χ1v) is 26.9. The molecular weight excluding hydrogens is 745 g/mol. The van der Waals surface area contributed by atoms with E-state index in [0.29, 0.717) is 19.3 Å². The molecule has 60 heavy (non-hydrogen) atoms. The number of ether oxygens (including phenoxy) is 3. The molecule has 1 unspecified atom stereocenters. The van der Waals surface area contributed by atoms with E-state index >= 15 is 0 Å². The van der Waals surface area contributed by atoms with E-state index in [4.69, 9.17) is 14.2 Å². The molecule has 356 valence electrons. The van der Waals surface area contributed by atoms with Crippen LogP contribution in [0, 0.1) is 5.92 Å². The molecule has 0 N–H and O–H groups in total. The van der Waals surface area contributed by atoms with Crippen molar-refractivity contribution in [1.82, 2.24) is 0 Å². The summed E-state index contributed by atoms with van der Waals surface area (Å²) in [5, 5.41) is 0. The largest absolute Gasteiger partial charge is 0.462 e. The molecule has 0 aromatic rings. The third-order valence-electron chi connectivity index (χ3n) is 12.7. The molecule has 0 bridgehead atoms. The van der Waals surface area contributed by atoms with Crippen LogP contribution < -0.4 is 0 Å². The first-order valence-electron chi connectivity index (χ1n) is 26.9. The highest BCUT2D eigenvalue weighted by atomic mass is 16.6. The summed E-state index contributed by atoms with van der Waals surface area (Å²) in [7, 11) is 0. The molecule has 0 aliphatic carbocycles. The molecule has 6 nitrogen and oxygen atoms in total. The Morgan fingerprint density at radius 3 is 0.867 bits per heavy atom. The maximum atomic E-state index is 12.8. The minimum atomic E-state index is -0.761. The number of unbranched alkanes of at least 4 members (excludes halogenated alkanes) is 35. The van der Waals surface area contributed by atoms with Crippen molar-refractivity contribution >= 4 is 17.9 Å². The van der Waals surface area contributed by atoms with E-state index in [1.54, 1.807) is 0 Å². The zero-order valence-electron chi connectivity index (χ0n) is 40.9. The van der Waals surface area contributed by atoms with Crippen LogP contribution in [0.3, 0.4) is 0 Å². The predicted octanol–water partition coefficient (Wildman–Crippen LogP) is 17.5. The molecule has 0 heterocycles. The lowest BCUT2D eigenvalue weighted by atomic mass is 9.99. The Balaban J connectivity index is 4.31. The number of hydrogen-bond donors (Lipinski definition) is 0. The lowest BCUT2D eigenvalue weighted by Gasteiger charge is -2.18. The monoisotopic (exact) mass is 849 g/mol. The number of carbonyl (C=O) groups is 3. The maximum Gasteiger partial charge on any atom is 0.306 e. The van der Waals surface area contributed by atoms with Gasteiger partial charge in [-0.1, -0.05) is 265 Å². The van der Waals surface area contributed by atoms with Crippen LogP contribution in [0.25, 0.3) is 0 Å². The second kappa shape index (κ2) is 48.4. The minimum Gasteiger partial charge on any atom is -0.462 e. The molecular formula is C54H104O6. The SMILES string of the molecule is CCCCCCCCCCCCCCCCCCC(=O)O[C@H](COC(=O)CCCCCCCCCCCCCC)COC(=O)CCCCCCCCCCCCC(C)CC. The second-order valence-corrected chi connectivity index (χ2v) is 18.8. The van der Waals surface area contributed by atoms with E-state index in [9.17, 15) is 14.4 Å². The molecule has 0 aromatic heterocycles. The van der Waals surface area contributed by atoms with Crippen LogP contribution in [0.1, 0.15) is 304 Å². The van der Waals surface area contributed by atoms with E-state index in [0.717, 1.165) is 63.7 Å². The molecule has 0 spiro atoms. The zero-order valence-corrected chi connectivity index (χ0v) is 40.9. The Morgan fingerprint density at radius 2 is 0.583 bits per heavy atom. The van der Waals surface area contributed by atoms with Gasteiger partial charge in [-0.2, -0.15) is 0 Å². The number of esters is 3. The number of rotatable bonds is 49. The first-order chi connectivity index (χ1) is 29.4. The van der Waals surface area contributed by atoms with Gasteiger partial charge in [0.15, 0.2) is 6.10 Å². The fourth-order valence-corrected chi connectivity index (χ4v) is 8.19. The summed E-state index contributed by atoms with van der Waals surface area (Å²) in [6, 6.07) is 0. The molecule has 0 aliphatic rings. The van der Waals surface area contributed by atoms with E-state index in [1.165, 1.54) is 199 Å². The average Bonchev–Trinajstić information content (AvgIpc) is 3.25. The Hall–Kier alpha value is -1.59. The quantitative estimate of drug-likeness (QED) is 0.0345. The van der Waals surface area contributed by atoms with Crippen LogP contribution in [0.5, 0.6) is 0 Å². The summed E-state index contributed by atoms with van der Waals surface area (Å²) < 4.78 is 16.8. The van der Waals surface area contributed by atoms with Gasteiger partial charge in [0.05, 0.1) is 0 Å². The van der Waals surface area contributed by atoms with E-state index in [1.807, 2.05) is 0 Å². The van der Waals surface area contributed by atoms with Crippen LogP contribution in [0.2, 0.25) is 0 Å². The second-order valence-electron chi connectivity index (χ2n) is 18.8. The molecule has 0 fully saturated rings. The van der Waals surface area contributed by atoms with Crippen molar-refractivity contribution in [3.05, 3.63) is 0 Å². The van der Waals surface area contributed by atoms with E-state index in [-0.39, 0.29) is 31.1 Å². The normalized spacial score (nSPS) is 12.4.